The van der Waals surface area contributed by atoms with Crippen molar-refractivity contribution >= 4 is 95.3 Å². The van der Waals surface area contributed by atoms with Gasteiger partial charge in [-0.15, -0.1) is 22.7 Å². The number of para-hydroxylation sites is 4. The molecule has 372 valence electrons. The van der Waals surface area contributed by atoms with Gasteiger partial charge in [0.05, 0.1) is 16.6 Å². The molecule has 77 heavy (non-hydrogen) atoms. The summed E-state index contributed by atoms with van der Waals surface area (Å²) in [5.74, 6) is 0. The van der Waals surface area contributed by atoms with Crippen molar-refractivity contribution in [2.75, 3.05) is 27.8 Å². The van der Waals surface area contributed by atoms with Crippen LogP contribution in [0.15, 0.2) is 264 Å². The van der Waals surface area contributed by atoms with Gasteiger partial charge in [0, 0.05) is 89.8 Å². The Balaban J connectivity index is 0.881. The lowest BCUT2D eigenvalue weighted by atomic mass is 9.99. The van der Waals surface area contributed by atoms with E-state index in [4.69, 9.17) is 4.42 Å². The number of fused-ring (bicyclic) bond motifs is 4. The van der Waals surface area contributed by atoms with Crippen LogP contribution in [0.5, 0.6) is 0 Å². The van der Waals surface area contributed by atoms with Crippen LogP contribution in [0, 0.1) is 0 Å². The average Bonchev–Trinajstić information content (AvgIpc) is 4.37. The summed E-state index contributed by atoms with van der Waals surface area (Å²) in [4.78, 5) is 23.5. The van der Waals surface area contributed by atoms with E-state index in [0.717, 1.165) is 111 Å². The maximum absolute atomic E-state index is 13.6. The quantitative estimate of drug-likeness (QED) is 0.102. The zero-order chi connectivity index (χ0) is 51.8. The molecule has 0 atom stereocenters. The van der Waals surface area contributed by atoms with Crippen LogP contribution in [0.1, 0.15) is 13.8 Å². The fourth-order valence-electron chi connectivity index (χ4n) is 10.7. The summed E-state index contributed by atoms with van der Waals surface area (Å²) in [5.41, 5.74) is 15.3. The fourth-order valence-corrected chi connectivity index (χ4v) is 12.8. The van der Waals surface area contributed by atoms with Crippen LogP contribution in [0.2, 0.25) is 0 Å². The van der Waals surface area contributed by atoms with E-state index < -0.39 is 0 Å². The van der Waals surface area contributed by atoms with E-state index in [9.17, 15) is 4.79 Å². The number of rotatable bonds is 14. The van der Waals surface area contributed by atoms with Gasteiger partial charge in [-0.05, 0) is 176 Å². The third-order valence-corrected chi connectivity index (χ3v) is 16.9. The SMILES string of the molecule is CCN(CC)c1ccc2cc(-c3ccc(-c4ccc(-n5c6ccc(-c7ccc(N(c8ccccc8)c8ccccc8)cc7)cc6c6cc(-c7ccc(N(c8ccccc8)c8ccccc8)cc7)ccc65)s4)s3)c(=O)oc2c1. The molecular formula is C69H52N4O2S2. The number of thiophene rings is 2. The summed E-state index contributed by atoms with van der Waals surface area (Å²) in [7, 11) is 0. The van der Waals surface area contributed by atoms with Crippen LogP contribution in [0.4, 0.5) is 39.8 Å². The normalized spacial score (nSPS) is 11.4. The summed E-state index contributed by atoms with van der Waals surface area (Å²) in [6.45, 7) is 6.03. The molecule has 0 radical (unpaired) electrons. The number of hydrogen-bond donors (Lipinski definition) is 0. The van der Waals surface area contributed by atoms with Gasteiger partial charge in [-0.3, -0.25) is 0 Å². The fraction of sp³-hybridized carbons (Fsp3) is 0.0580. The highest BCUT2D eigenvalue weighted by Gasteiger charge is 2.20. The molecule has 9 aromatic carbocycles. The number of aromatic nitrogens is 1. The minimum absolute atomic E-state index is 0.326. The lowest BCUT2D eigenvalue weighted by molar-refractivity contribution is 0.563. The van der Waals surface area contributed by atoms with Crippen molar-refractivity contribution in [2.24, 2.45) is 0 Å². The van der Waals surface area contributed by atoms with Crippen molar-refractivity contribution in [3.8, 4) is 47.4 Å². The van der Waals surface area contributed by atoms with Gasteiger partial charge in [0.1, 0.15) is 10.6 Å². The molecule has 13 rings (SSSR count). The Kier molecular flexibility index (Phi) is 12.6. The number of nitrogens with zero attached hydrogens (tertiary/aromatic N) is 4. The first-order chi connectivity index (χ1) is 38.0. The zero-order valence-electron chi connectivity index (χ0n) is 42.6. The molecule has 0 saturated heterocycles. The van der Waals surface area contributed by atoms with Gasteiger partial charge in [-0.1, -0.05) is 109 Å². The summed E-state index contributed by atoms with van der Waals surface area (Å²) in [6, 6.07) is 90.5. The molecule has 0 fully saturated rings. The monoisotopic (exact) mass is 1030 g/mol. The third kappa shape index (κ3) is 9.07. The number of anilines is 7. The first-order valence-electron chi connectivity index (χ1n) is 26.1. The maximum Gasteiger partial charge on any atom is 0.345 e. The van der Waals surface area contributed by atoms with E-state index >= 15 is 0 Å². The first kappa shape index (κ1) is 47.5. The molecule has 4 heterocycles. The van der Waals surface area contributed by atoms with Crippen molar-refractivity contribution in [3.05, 3.63) is 265 Å². The summed E-state index contributed by atoms with van der Waals surface area (Å²) in [6.07, 6.45) is 0. The summed E-state index contributed by atoms with van der Waals surface area (Å²) >= 11 is 3.38. The van der Waals surface area contributed by atoms with Crippen LogP contribution in [-0.4, -0.2) is 17.7 Å². The summed E-state index contributed by atoms with van der Waals surface area (Å²) < 4.78 is 8.38. The van der Waals surface area contributed by atoms with Crippen molar-refractivity contribution in [1.82, 2.24) is 4.57 Å². The van der Waals surface area contributed by atoms with Crippen LogP contribution in [-0.2, 0) is 0 Å². The zero-order valence-corrected chi connectivity index (χ0v) is 44.2. The Morgan fingerprint density at radius 1 is 0.390 bits per heavy atom. The van der Waals surface area contributed by atoms with Gasteiger partial charge in [0.2, 0.25) is 0 Å². The highest BCUT2D eigenvalue weighted by molar-refractivity contribution is 7.24. The highest BCUT2D eigenvalue weighted by atomic mass is 32.1. The smallest absolute Gasteiger partial charge is 0.345 e. The van der Waals surface area contributed by atoms with Gasteiger partial charge >= 0.3 is 5.63 Å². The average molecular weight is 1030 g/mol. The molecule has 0 aliphatic heterocycles. The standard InChI is InChI=1S/C69H52N4O2S2/c1-3-70(4-2)58-36-29-51-45-61(69(74)75-64(51)46-58)65-39-40-66(76-65)67-41-42-68(77-67)73-62-37-30-49(47-25-32-56(33-26-47)71(52-17-9-5-10-18-52)53-19-11-6-12-20-53)43-59(62)60-44-50(31-38-63(60)73)48-27-34-57(35-28-48)72(54-21-13-7-14-22-54)55-23-15-8-16-24-55/h5-46H,3-4H2,1-2H3. The van der Waals surface area contributed by atoms with E-state index in [1.807, 2.05) is 18.2 Å². The largest absolute Gasteiger partial charge is 0.422 e. The lowest BCUT2D eigenvalue weighted by Gasteiger charge is -2.25. The number of benzene rings is 9. The minimum Gasteiger partial charge on any atom is -0.422 e. The van der Waals surface area contributed by atoms with Crippen molar-refractivity contribution in [1.29, 1.82) is 0 Å². The molecule has 0 amide bonds. The van der Waals surface area contributed by atoms with Crippen LogP contribution < -0.4 is 20.3 Å². The Hall–Kier alpha value is -9.21. The molecule has 0 unspecified atom stereocenters. The molecule has 0 aliphatic carbocycles. The molecule has 0 N–H and O–H groups in total. The van der Waals surface area contributed by atoms with E-state index in [0.29, 0.717) is 11.1 Å². The molecule has 0 spiro atoms. The van der Waals surface area contributed by atoms with Gasteiger partial charge < -0.3 is 23.7 Å². The Labute approximate surface area is 455 Å². The molecule has 4 aromatic heterocycles. The van der Waals surface area contributed by atoms with Crippen molar-refractivity contribution in [3.63, 3.8) is 0 Å². The summed E-state index contributed by atoms with van der Waals surface area (Å²) in [5, 5.41) is 4.37. The Bertz CT molecular complexity index is 4000. The predicted molar refractivity (Wildman–Crippen MR) is 327 cm³/mol. The van der Waals surface area contributed by atoms with E-state index in [1.54, 1.807) is 22.7 Å². The predicted octanol–water partition coefficient (Wildman–Crippen LogP) is 19.5. The molecule has 0 saturated carbocycles. The van der Waals surface area contributed by atoms with E-state index in [-0.39, 0.29) is 5.63 Å². The maximum atomic E-state index is 13.6. The Morgan fingerprint density at radius 3 is 1.29 bits per heavy atom. The molecule has 0 aliphatic rings. The second kappa shape index (κ2) is 20.5. The lowest BCUT2D eigenvalue weighted by Crippen LogP contribution is -2.21. The first-order valence-corrected chi connectivity index (χ1v) is 27.7. The molecular weight excluding hydrogens is 981 g/mol. The van der Waals surface area contributed by atoms with Crippen LogP contribution in [0.25, 0.3) is 80.2 Å². The topological polar surface area (TPSA) is 44.9 Å². The van der Waals surface area contributed by atoms with Gasteiger partial charge in [0.25, 0.3) is 0 Å². The van der Waals surface area contributed by atoms with Crippen LogP contribution >= 0.6 is 22.7 Å². The Morgan fingerprint density at radius 2 is 0.805 bits per heavy atom. The molecule has 0 bridgehead atoms. The third-order valence-electron chi connectivity index (χ3n) is 14.5. The van der Waals surface area contributed by atoms with Crippen LogP contribution in [0.3, 0.4) is 0 Å². The second-order valence-corrected chi connectivity index (χ2v) is 21.2. The van der Waals surface area contributed by atoms with Crippen molar-refractivity contribution in [2.45, 2.75) is 13.8 Å². The van der Waals surface area contributed by atoms with Gasteiger partial charge in [-0.2, -0.15) is 0 Å². The van der Waals surface area contributed by atoms with Gasteiger partial charge in [0.15, 0.2) is 0 Å². The van der Waals surface area contributed by atoms with E-state index in [2.05, 4.69) is 270 Å². The van der Waals surface area contributed by atoms with Crippen molar-refractivity contribution < 1.29 is 4.42 Å². The number of hydrogen-bond acceptors (Lipinski definition) is 7. The molecule has 6 nitrogen and oxygen atoms in total. The molecule has 13 aromatic rings. The highest BCUT2D eigenvalue weighted by Crippen LogP contribution is 2.44. The van der Waals surface area contributed by atoms with E-state index in [1.165, 1.54) is 10.8 Å². The van der Waals surface area contributed by atoms with Gasteiger partial charge in [-0.25, -0.2) is 4.79 Å². The minimum atomic E-state index is -0.326. The second-order valence-electron chi connectivity index (χ2n) is 19.0. The molecule has 8 heteroatoms.